The zero-order chi connectivity index (χ0) is 19.8. The van der Waals surface area contributed by atoms with Crippen molar-refractivity contribution >= 4 is 45.7 Å². The molecule has 6 nitrogen and oxygen atoms in total. The molecule has 0 unspecified atom stereocenters. The maximum Gasteiger partial charge on any atom is 0.293 e. The summed E-state index contributed by atoms with van der Waals surface area (Å²) in [4.78, 5) is 14.8. The summed E-state index contributed by atoms with van der Waals surface area (Å²) in [5.41, 5.74) is 0.721. The predicted octanol–water partition coefficient (Wildman–Crippen LogP) is 4.49. The van der Waals surface area contributed by atoms with Gasteiger partial charge >= 0.3 is 0 Å². The van der Waals surface area contributed by atoms with Gasteiger partial charge in [0.15, 0.2) is 0 Å². The molecule has 0 bridgehead atoms. The van der Waals surface area contributed by atoms with Crippen molar-refractivity contribution in [3.05, 3.63) is 62.2 Å². The van der Waals surface area contributed by atoms with Gasteiger partial charge in [0.25, 0.3) is 5.69 Å². The van der Waals surface area contributed by atoms with E-state index in [0.717, 1.165) is 48.6 Å². The van der Waals surface area contributed by atoms with Crippen molar-refractivity contribution in [2.45, 2.75) is 17.4 Å². The molecule has 0 spiro atoms. The van der Waals surface area contributed by atoms with Crippen LogP contribution in [0.15, 0.2) is 53.4 Å². The number of hydrogen-bond acceptors (Lipinski definition) is 6. The lowest BCUT2D eigenvalue weighted by Crippen LogP contribution is -2.39. The molecule has 8 heteroatoms. The Morgan fingerprint density at radius 2 is 1.96 bits per heavy atom. The average molecular weight is 513 g/mol. The molecule has 1 N–H and O–H groups in total. The highest BCUT2D eigenvalue weighted by atomic mass is 127. The minimum absolute atomic E-state index is 0.131. The number of nitro benzene ring substituents is 1. The van der Waals surface area contributed by atoms with Crippen molar-refractivity contribution in [2.24, 2.45) is 0 Å². The van der Waals surface area contributed by atoms with Crippen molar-refractivity contribution in [3.63, 3.8) is 0 Å². The Morgan fingerprint density at radius 3 is 2.68 bits per heavy atom. The molecule has 0 saturated carbocycles. The second kappa shape index (κ2) is 11.0. The number of benzene rings is 2. The highest BCUT2D eigenvalue weighted by Gasteiger charge is 2.19. The van der Waals surface area contributed by atoms with Gasteiger partial charge < -0.3 is 10.1 Å². The van der Waals surface area contributed by atoms with E-state index in [-0.39, 0.29) is 16.7 Å². The van der Waals surface area contributed by atoms with Crippen LogP contribution < -0.4 is 5.32 Å². The molecule has 150 valence electrons. The molecule has 3 rings (SSSR count). The van der Waals surface area contributed by atoms with E-state index in [1.807, 2.05) is 30.3 Å². The van der Waals surface area contributed by atoms with Gasteiger partial charge in [-0.25, -0.2) is 0 Å². The summed E-state index contributed by atoms with van der Waals surface area (Å²) in [5.74, 6) is 0.845. The van der Waals surface area contributed by atoms with Crippen LogP contribution in [0.4, 0.5) is 11.4 Å². The van der Waals surface area contributed by atoms with Gasteiger partial charge in [0, 0.05) is 46.0 Å². The first kappa shape index (κ1) is 21.4. The smallest absolute Gasteiger partial charge is 0.293 e. The Balaban J connectivity index is 1.68. The molecule has 0 aromatic heterocycles. The first-order valence-electron chi connectivity index (χ1n) is 9.30. The zero-order valence-corrected chi connectivity index (χ0v) is 18.5. The molecule has 0 aliphatic carbocycles. The fraction of sp³-hybridized carbons (Fsp3) is 0.400. The van der Waals surface area contributed by atoms with Gasteiger partial charge in [-0.2, -0.15) is 0 Å². The highest BCUT2D eigenvalue weighted by Crippen LogP contribution is 2.29. The van der Waals surface area contributed by atoms with Crippen molar-refractivity contribution < 1.29 is 9.66 Å². The van der Waals surface area contributed by atoms with Crippen molar-refractivity contribution in [2.75, 3.05) is 43.9 Å². The predicted molar refractivity (Wildman–Crippen MR) is 122 cm³/mol. The van der Waals surface area contributed by atoms with Gasteiger partial charge in [-0.15, -0.1) is 11.8 Å². The lowest BCUT2D eigenvalue weighted by atomic mass is 10.2. The summed E-state index contributed by atoms with van der Waals surface area (Å²) < 4.78 is 6.28. The Bertz CT molecular complexity index is 773. The van der Waals surface area contributed by atoms with Crippen LogP contribution in [0.25, 0.3) is 0 Å². The summed E-state index contributed by atoms with van der Waals surface area (Å²) in [5, 5.41) is 14.9. The van der Waals surface area contributed by atoms with E-state index in [9.17, 15) is 10.1 Å². The molecule has 1 saturated heterocycles. The second-order valence-corrected chi connectivity index (χ2v) is 8.97. The van der Waals surface area contributed by atoms with Gasteiger partial charge in [0.2, 0.25) is 0 Å². The third kappa shape index (κ3) is 6.61. The molecule has 1 aliphatic rings. The number of ether oxygens (including phenoxy) is 1. The highest BCUT2D eigenvalue weighted by molar-refractivity contribution is 14.1. The molecule has 0 radical (unpaired) electrons. The van der Waals surface area contributed by atoms with Gasteiger partial charge in [-0.1, -0.05) is 18.2 Å². The van der Waals surface area contributed by atoms with Crippen molar-refractivity contribution in [1.29, 1.82) is 0 Å². The van der Waals surface area contributed by atoms with Crippen LogP contribution >= 0.6 is 34.4 Å². The summed E-state index contributed by atoms with van der Waals surface area (Å²) in [7, 11) is 0. The second-order valence-electron chi connectivity index (χ2n) is 6.63. The lowest BCUT2D eigenvalue weighted by Gasteiger charge is -2.29. The maximum atomic E-state index is 11.5. The van der Waals surface area contributed by atoms with E-state index in [1.54, 1.807) is 17.8 Å². The van der Waals surface area contributed by atoms with Crippen LogP contribution in [0, 0.1) is 13.7 Å². The lowest BCUT2D eigenvalue weighted by molar-refractivity contribution is -0.384. The maximum absolute atomic E-state index is 11.5. The van der Waals surface area contributed by atoms with E-state index in [2.05, 4.69) is 44.9 Å². The number of nitro groups is 1. The van der Waals surface area contributed by atoms with Crippen molar-refractivity contribution in [1.82, 2.24) is 4.90 Å². The Morgan fingerprint density at radius 1 is 1.21 bits per heavy atom. The Kier molecular flexibility index (Phi) is 8.38. The minimum Gasteiger partial charge on any atom is -0.379 e. The zero-order valence-electron chi connectivity index (χ0n) is 15.6. The third-order valence-corrected chi connectivity index (χ3v) is 6.45. The van der Waals surface area contributed by atoms with Crippen molar-refractivity contribution in [3.8, 4) is 0 Å². The summed E-state index contributed by atoms with van der Waals surface area (Å²) >= 11 is 3.88. The minimum atomic E-state index is -0.312. The first-order chi connectivity index (χ1) is 13.6. The molecular formula is C20H24IN3O3S. The number of morpholine rings is 1. The molecule has 28 heavy (non-hydrogen) atoms. The number of nitrogens with zero attached hydrogens (tertiary/aromatic N) is 2. The molecule has 1 fully saturated rings. The van der Waals surface area contributed by atoms with Gasteiger partial charge in [-0.05, 0) is 53.3 Å². The fourth-order valence-corrected chi connectivity index (χ4v) is 4.54. The molecular weight excluding hydrogens is 489 g/mol. The quantitative estimate of drug-likeness (QED) is 0.231. The Hall–Kier alpha value is -1.36. The first-order valence-corrected chi connectivity index (χ1v) is 11.4. The number of rotatable bonds is 9. The monoisotopic (exact) mass is 513 g/mol. The number of hydrogen-bond donors (Lipinski definition) is 1. The largest absolute Gasteiger partial charge is 0.379 e. The summed E-state index contributed by atoms with van der Waals surface area (Å²) in [6.45, 7) is 4.40. The van der Waals surface area contributed by atoms with Crippen LogP contribution in [0.1, 0.15) is 6.42 Å². The molecule has 2 aromatic carbocycles. The van der Waals surface area contributed by atoms with Crippen LogP contribution in [0.5, 0.6) is 0 Å². The van der Waals surface area contributed by atoms with Crippen LogP contribution in [-0.2, 0) is 4.74 Å². The van der Waals surface area contributed by atoms with Crippen LogP contribution in [0.3, 0.4) is 0 Å². The normalized spacial score (nSPS) is 15.9. The molecule has 1 heterocycles. The number of anilines is 1. The molecule has 1 atom stereocenters. The fourth-order valence-electron chi connectivity index (χ4n) is 3.07. The van der Waals surface area contributed by atoms with E-state index in [4.69, 9.17) is 4.74 Å². The topological polar surface area (TPSA) is 67.6 Å². The molecule has 0 amide bonds. The van der Waals surface area contributed by atoms with Crippen LogP contribution in [0.2, 0.25) is 0 Å². The third-order valence-electron chi connectivity index (χ3n) is 4.61. The summed E-state index contributed by atoms with van der Waals surface area (Å²) in [6, 6.07) is 15.7. The Labute approximate surface area is 183 Å². The van der Waals surface area contributed by atoms with E-state index < -0.39 is 0 Å². The van der Waals surface area contributed by atoms with E-state index >= 15 is 0 Å². The molecule has 1 aliphatic heterocycles. The molecule has 2 aromatic rings. The number of nitrogens with one attached hydrogen (secondary N) is 1. The van der Waals surface area contributed by atoms with Gasteiger partial charge in [0.05, 0.1) is 18.1 Å². The van der Waals surface area contributed by atoms with Gasteiger partial charge in [-0.3, -0.25) is 15.0 Å². The SMILES string of the molecule is O=[N+]([O-])c1cc(I)ccc1N[C@H](CCN1CCOCC1)CSc1ccccc1. The number of halogens is 1. The summed E-state index contributed by atoms with van der Waals surface area (Å²) in [6.07, 6.45) is 0.920. The van der Waals surface area contributed by atoms with Gasteiger partial charge in [0.1, 0.15) is 5.69 Å². The van der Waals surface area contributed by atoms with E-state index in [0.29, 0.717) is 5.69 Å². The van der Waals surface area contributed by atoms with Crippen LogP contribution in [-0.4, -0.2) is 54.5 Å². The standard InChI is InChI=1S/C20H24IN3O3S/c21-16-6-7-19(20(14-16)24(25)26)22-17(8-9-23-10-12-27-13-11-23)15-28-18-4-2-1-3-5-18/h1-7,14,17,22H,8-13,15H2/t17-/m1/s1. The number of thioether (sulfide) groups is 1. The van der Waals surface area contributed by atoms with E-state index in [1.165, 1.54) is 4.90 Å². The average Bonchev–Trinajstić information content (AvgIpc) is 2.72.